The standard InChI is InChI=1S/C22H25ClN2O3/c23-19-11-16(12-20-22(19)28-10-9-27-20)13-21(26)24-14-17-5-1-2-6-18(17)15-25-7-3-4-8-25/h1-2,5-6,11-12H,3-4,7-10,13-15H2,(H,24,26). The van der Waals surface area contributed by atoms with Crippen LogP contribution in [0, 0.1) is 0 Å². The van der Waals surface area contributed by atoms with E-state index in [1.807, 2.05) is 12.1 Å². The SMILES string of the molecule is O=C(Cc1cc(Cl)c2c(c1)OCCO2)NCc1ccccc1CN1CCCC1. The summed E-state index contributed by atoms with van der Waals surface area (Å²) in [6.07, 6.45) is 2.80. The molecule has 2 heterocycles. The number of nitrogens with zero attached hydrogens (tertiary/aromatic N) is 1. The molecule has 28 heavy (non-hydrogen) atoms. The van der Waals surface area contributed by atoms with Crippen molar-refractivity contribution in [2.75, 3.05) is 26.3 Å². The van der Waals surface area contributed by atoms with E-state index in [4.69, 9.17) is 21.1 Å². The molecule has 2 aromatic rings. The first-order valence-corrected chi connectivity index (χ1v) is 10.2. The molecule has 148 valence electrons. The van der Waals surface area contributed by atoms with Crippen molar-refractivity contribution in [3.8, 4) is 11.5 Å². The molecule has 2 aliphatic rings. The van der Waals surface area contributed by atoms with E-state index in [0.29, 0.717) is 36.3 Å². The topological polar surface area (TPSA) is 50.8 Å². The molecule has 1 fully saturated rings. The van der Waals surface area contributed by atoms with Gasteiger partial charge in [0, 0.05) is 13.1 Å². The Kier molecular flexibility index (Phi) is 6.03. The zero-order valence-corrected chi connectivity index (χ0v) is 16.6. The Balaban J connectivity index is 1.37. The lowest BCUT2D eigenvalue weighted by Gasteiger charge is -2.20. The number of ether oxygens (including phenoxy) is 2. The highest BCUT2D eigenvalue weighted by atomic mass is 35.5. The van der Waals surface area contributed by atoms with E-state index < -0.39 is 0 Å². The van der Waals surface area contributed by atoms with E-state index in [9.17, 15) is 4.79 Å². The van der Waals surface area contributed by atoms with Gasteiger partial charge in [0.2, 0.25) is 5.91 Å². The molecule has 0 unspecified atom stereocenters. The second-order valence-electron chi connectivity index (χ2n) is 7.31. The van der Waals surface area contributed by atoms with Gasteiger partial charge in [0.15, 0.2) is 11.5 Å². The molecule has 6 heteroatoms. The Bertz CT molecular complexity index is 850. The lowest BCUT2D eigenvalue weighted by molar-refractivity contribution is -0.120. The Morgan fingerprint density at radius 1 is 1.07 bits per heavy atom. The van der Waals surface area contributed by atoms with Gasteiger partial charge in [-0.05, 0) is 54.8 Å². The molecule has 1 N–H and O–H groups in total. The predicted molar refractivity (Wildman–Crippen MR) is 109 cm³/mol. The quantitative estimate of drug-likeness (QED) is 0.805. The molecular weight excluding hydrogens is 376 g/mol. The molecule has 0 aromatic heterocycles. The first-order valence-electron chi connectivity index (χ1n) is 9.83. The van der Waals surface area contributed by atoms with Crippen LogP contribution in [0.2, 0.25) is 5.02 Å². The van der Waals surface area contributed by atoms with Crippen molar-refractivity contribution >= 4 is 17.5 Å². The number of hydrogen-bond acceptors (Lipinski definition) is 4. The van der Waals surface area contributed by atoms with Gasteiger partial charge in [-0.3, -0.25) is 9.69 Å². The average Bonchev–Trinajstić information content (AvgIpc) is 3.20. The maximum Gasteiger partial charge on any atom is 0.224 e. The number of amides is 1. The monoisotopic (exact) mass is 400 g/mol. The van der Waals surface area contributed by atoms with Crippen LogP contribution in [-0.4, -0.2) is 37.1 Å². The van der Waals surface area contributed by atoms with E-state index in [-0.39, 0.29) is 12.3 Å². The lowest BCUT2D eigenvalue weighted by atomic mass is 10.1. The van der Waals surface area contributed by atoms with Gasteiger partial charge in [-0.1, -0.05) is 35.9 Å². The summed E-state index contributed by atoms with van der Waals surface area (Å²) in [5.41, 5.74) is 3.27. The molecule has 4 rings (SSSR count). The molecule has 0 atom stereocenters. The summed E-state index contributed by atoms with van der Waals surface area (Å²) in [5, 5.41) is 3.52. The summed E-state index contributed by atoms with van der Waals surface area (Å²) in [7, 11) is 0. The van der Waals surface area contributed by atoms with Crippen LogP contribution in [0.3, 0.4) is 0 Å². The first-order chi connectivity index (χ1) is 13.7. The molecule has 0 saturated carbocycles. The first kappa shape index (κ1) is 19.1. The Morgan fingerprint density at radius 2 is 1.82 bits per heavy atom. The van der Waals surface area contributed by atoms with Crippen LogP contribution >= 0.6 is 11.6 Å². The maximum atomic E-state index is 12.5. The highest BCUT2D eigenvalue weighted by molar-refractivity contribution is 6.32. The van der Waals surface area contributed by atoms with Crippen LogP contribution in [0.4, 0.5) is 0 Å². The number of carbonyl (C=O) groups is 1. The third-order valence-electron chi connectivity index (χ3n) is 5.21. The van der Waals surface area contributed by atoms with Crippen molar-refractivity contribution < 1.29 is 14.3 Å². The van der Waals surface area contributed by atoms with Crippen molar-refractivity contribution in [3.63, 3.8) is 0 Å². The fourth-order valence-corrected chi connectivity index (χ4v) is 4.06. The highest BCUT2D eigenvalue weighted by Gasteiger charge is 2.18. The van der Waals surface area contributed by atoms with Crippen LogP contribution in [0.5, 0.6) is 11.5 Å². The number of halogens is 1. The molecule has 1 saturated heterocycles. The molecule has 2 aliphatic heterocycles. The molecule has 0 radical (unpaired) electrons. The number of nitrogens with one attached hydrogen (secondary N) is 1. The number of carbonyl (C=O) groups excluding carboxylic acids is 1. The summed E-state index contributed by atoms with van der Waals surface area (Å²) in [6.45, 7) is 4.78. The smallest absolute Gasteiger partial charge is 0.224 e. The molecule has 5 nitrogen and oxygen atoms in total. The Hall–Kier alpha value is -2.24. The minimum absolute atomic E-state index is 0.0382. The number of fused-ring (bicyclic) bond motifs is 1. The number of rotatable bonds is 6. The minimum atomic E-state index is -0.0382. The van der Waals surface area contributed by atoms with Crippen LogP contribution in [-0.2, 0) is 24.3 Å². The van der Waals surface area contributed by atoms with Gasteiger partial charge >= 0.3 is 0 Å². The van der Waals surface area contributed by atoms with E-state index in [2.05, 4.69) is 28.4 Å². The normalized spacial score (nSPS) is 16.2. The maximum absolute atomic E-state index is 12.5. The van der Waals surface area contributed by atoms with E-state index in [1.54, 1.807) is 6.07 Å². The van der Waals surface area contributed by atoms with Gasteiger partial charge in [-0.25, -0.2) is 0 Å². The second-order valence-corrected chi connectivity index (χ2v) is 7.71. The second kappa shape index (κ2) is 8.84. The highest BCUT2D eigenvalue weighted by Crippen LogP contribution is 2.38. The van der Waals surface area contributed by atoms with E-state index in [0.717, 1.165) is 25.2 Å². The zero-order chi connectivity index (χ0) is 19.3. The Labute approximate surface area is 170 Å². The summed E-state index contributed by atoms with van der Waals surface area (Å²) in [6, 6.07) is 11.9. The van der Waals surface area contributed by atoms with Crippen molar-refractivity contribution in [2.45, 2.75) is 32.4 Å². The summed E-state index contributed by atoms with van der Waals surface area (Å²) in [4.78, 5) is 15.0. The minimum Gasteiger partial charge on any atom is -0.486 e. The Morgan fingerprint density at radius 3 is 2.64 bits per heavy atom. The van der Waals surface area contributed by atoms with Crippen molar-refractivity contribution in [2.24, 2.45) is 0 Å². The fourth-order valence-electron chi connectivity index (χ4n) is 3.77. The zero-order valence-electron chi connectivity index (χ0n) is 15.9. The van der Waals surface area contributed by atoms with Crippen LogP contribution in [0.1, 0.15) is 29.5 Å². The van der Waals surface area contributed by atoms with Crippen molar-refractivity contribution in [1.82, 2.24) is 10.2 Å². The van der Waals surface area contributed by atoms with Crippen molar-refractivity contribution in [3.05, 3.63) is 58.1 Å². The summed E-state index contributed by atoms with van der Waals surface area (Å²) < 4.78 is 11.1. The van der Waals surface area contributed by atoms with Gasteiger partial charge in [0.1, 0.15) is 13.2 Å². The number of hydrogen-bond donors (Lipinski definition) is 1. The van der Waals surface area contributed by atoms with Crippen molar-refractivity contribution in [1.29, 1.82) is 0 Å². The molecule has 0 spiro atoms. The third-order valence-corrected chi connectivity index (χ3v) is 5.49. The molecular formula is C22H25ClN2O3. The van der Waals surface area contributed by atoms with Gasteiger partial charge in [0.05, 0.1) is 11.4 Å². The lowest BCUT2D eigenvalue weighted by Crippen LogP contribution is -2.26. The average molecular weight is 401 g/mol. The van der Waals surface area contributed by atoms with Gasteiger partial charge in [-0.2, -0.15) is 0 Å². The summed E-state index contributed by atoms with van der Waals surface area (Å²) >= 11 is 6.26. The predicted octanol–water partition coefficient (Wildman–Crippen LogP) is 3.57. The largest absolute Gasteiger partial charge is 0.486 e. The van der Waals surface area contributed by atoms with Gasteiger partial charge in [-0.15, -0.1) is 0 Å². The molecule has 0 bridgehead atoms. The third kappa shape index (κ3) is 4.59. The number of likely N-dealkylation sites (tertiary alicyclic amines) is 1. The van der Waals surface area contributed by atoms with Gasteiger partial charge in [0.25, 0.3) is 0 Å². The summed E-state index contributed by atoms with van der Waals surface area (Å²) in [5.74, 6) is 1.13. The van der Waals surface area contributed by atoms with Crippen LogP contribution in [0.15, 0.2) is 36.4 Å². The van der Waals surface area contributed by atoms with Crippen LogP contribution in [0.25, 0.3) is 0 Å². The molecule has 0 aliphatic carbocycles. The van der Waals surface area contributed by atoms with E-state index >= 15 is 0 Å². The van der Waals surface area contributed by atoms with Gasteiger partial charge < -0.3 is 14.8 Å². The molecule has 1 amide bonds. The fraction of sp³-hybridized carbons (Fsp3) is 0.409. The molecule has 2 aromatic carbocycles. The van der Waals surface area contributed by atoms with E-state index in [1.165, 1.54) is 24.0 Å². The van der Waals surface area contributed by atoms with Crippen LogP contribution < -0.4 is 14.8 Å². The number of benzene rings is 2.